The fraction of sp³-hybridized carbons (Fsp3) is 0.600. The van der Waals surface area contributed by atoms with Crippen LogP contribution in [0.3, 0.4) is 0 Å². The Morgan fingerprint density at radius 2 is 2.00 bits per heavy atom. The molecule has 1 aromatic rings. The third kappa shape index (κ3) is 3.81. The highest BCUT2D eigenvalue weighted by Gasteiger charge is 2.31. The van der Waals surface area contributed by atoms with Gasteiger partial charge in [-0.15, -0.1) is 0 Å². The lowest BCUT2D eigenvalue weighted by atomic mass is 10.1. The highest BCUT2D eigenvalue weighted by molar-refractivity contribution is 7.89. The van der Waals surface area contributed by atoms with Crippen LogP contribution in [0, 0.1) is 0 Å². The molecule has 0 spiro atoms. The fourth-order valence-corrected chi connectivity index (χ4v) is 3.67. The molecule has 5 heteroatoms. The predicted molar refractivity (Wildman–Crippen MR) is 80.1 cm³/mol. The van der Waals surface area contributed by atoms with Gasteiger partial charge in [0.05, 0.1) is 18.0 Å². The first-order valence-electron chi connectivity index (χ1n) is 7.14. The molecule has 4 nitrogen and oxygen atoms in total. The molecule has 1 aliphatic rings. The number of sulfonamides is 1. The highest BCUT2D eigenvalue weighted by atomic mass is 32.2. The van der Waals surface area contributed by atoms with Crippen molar-refractivity contribution >= 4 is 10.0 Å². The molecule has 0 bridgehead atoms. The van der Waals surface area contributed by atoms with Gasteiger partial charge in [0.2, 0.25) is 10.0 Å². The third-order valence-corrected chi connectivity index (χ3v) is 5.90. The van der Waals surface area contributed by atoms with Crippen LogP contribution in [0.1, 0.15) is 25.8 Å². The molecule has 0 aromatic heterocycles. The van der Waals surface area contributed by atoms with Crippen LogP contribution in [0.2, 0.25) is 0 Å². The van der Waals surface area contributed by atoms with Crippen molar-refractivity contribution in [3.8, 4) is 0 Å². The van der Waals surface area contributed by atoms with Crippen molar-refractivity contribution in [1.82, 2.24) is 4.31 Å². The van der Waals surface area contributed by atoms with Crippen LogP contribution in [0.15, 0.2) is 30.3 Å². The summed E-state index contributed by atoms with van der Waals surface area (Å²) in [6, 6.07) is 10.2. The zero-order valence-electron chi connectivity index (χ0n) is 12.2. The van der Waals surface area contributed by atoms with Gasteiger partial charge in [0, 0.05) is 13.1 Å². The van der Waals surface area contributed by atoms with Gasteiger partial charge in [0.1, 0.15) is 0 Å². The van der Waals surface area contributed by atoms with Crippen molar-refractivity contribution < 1.29 is 13.2 Å². The number of aryl methyl sites for hydroxylation is 1. The van der Waals surface area contributed by atoms with Gasteiger partial charge in [-0.1, -0.05) is 30.3 Å². The molecule has 0 unspecified atom stereocenters. The van der Waals surface area contributed by atoms with E-state index in [0.717, 1.165) is 12.8 Å². The van der Waals surface area contributed by atoms with E-state index in [1.54, 1.807) is 18.2 Å². The molecular weight excluding hydrogens is 274 g/mol. The van der Waals surface area contributed by atoms with E-state index in [0.29, 0.717) is 19.7 Å². The molecule has 20 heavy (non-hydrogen) atoms. The van der Waals surface area contributed by atoms with Crippen LogP contribution in [-0.2, 0) is 21.2 Å². The van der Waals surface area contributed by atoms with Crippen molar-refractivity contribution in [3.63, 3.8) is 0 Å². The minimum atomic E-state index is -3.16. The molecule has 0 amide bonds. The van der Waals surface area contributed by atoms with Crippen molar-refractivity contribution in [2.75, 3.05) is 19.7 Å². The van der Waals surface area contributed by atoms with Gasteiger partial charge >= 0.3 is 0 Å². The summed E-state index contributed by atoms with van der Waals surface area (Å²) >= 11 is 0. The minimum Gasteiger partial charge on any atom is -0.375 e. The van der Waals surface area contributed by atoms with Crippen molar-refractivity contribution in [2.45, 2.75) is 38.0 Å². The lowest BCUT2D eigenvalue weighted by Crippen LogP contribution is -2.47. The molecule has 0 N–H and O–H groups in total. The first-order chi connectivity index (χ1) is 9.50. The highest BCUT2D eigenvalue weighted by Crippen LogP contribution is 2.17. The van der Waals surface area contributed by atoms with E-state index < -0.39 is 10.0 Å². The van der Waals surface area contributed by atoms with Crippen molar-refractivity contribution in [1.29, 1.82) is 0 Å². The van der Waals surface area contributed by atoms with Crippen LogP contribution in [0.25, 0.3) is 0 Å². The number of nitrogens with zero attached hydrogens (tertiary/aromatic N) is 1. The van der Waals surface area contributed by atoms with Crippen LogP contribution in [-0.4, -0.2) is 43.8 Å². The van der Waals surface area contributed by atoms with Crippen molar-refractivity contribution in [3.05, 3.63) is 35.9 Å². The monoisotopic (exact) mass is 297 g/mol. The lowest BCUT2D eigenvalue weighted by molar-refractivity contribution is -0.00544. The Bertz CT molecular complexity index is 513. The molecule has 0 saturated carbocycles. The molecule has 1 atom stereocenters. The molecule has 1 fully saturated rings. The number of rotatable bonds is 5. The Morgan fingerprint density at radius 1 is 1.30 bits per heavy atom. The minimum absolute atomic E-state index is 0.00233. The van der Waals surface area contributed by atoms with E-state index in [-0.39, 0.29) is 11.4 Å². The van der Waals surface area contributed by atoms with Gasteiger partial charge in [-0.3, -0.25) is 0 Å². The number of hydrogen-bond donors (Lipinski definition) is 0. The number of morpholine rings is 1. The standard InChI is InChI=1S/C15H23NO3S/c1-13(2)20(17,18)16-10-11-19-15(12-16)9-8-14-6-4-3-5-7-14/h3-7,13,15H,8-12H2,1-2H3/t15-/m0/s1. The van der Waals surface area contributed by atoms with Gasteiger partial charge in [0.25, 0.3) is 0 Å². The molecule has 112 valence electrons. The van der Waals surface area contributed by atoms with Gasteiger partial charge in [-0.2, -0.15) is 4.31 Å². The average Bonchev–Trinajstić information content (AvgIpc) is 2.46. The molecule has 0 aliphatic carbocycles. The molecule has 2 rings (SSSR count). The summed E-state index contributed by atoms with van der Waals surface area (Å²) in [4.78, 5) is 0. The Labute approximate surface area is 121 Å². The number of ether oxygens (including phenoxy) is 1. The second-order valence-corrected chi connectivity index (χ2v) is 7.96. The van der Waals surface area contributed by atoms with E-state index in [1.165, 1.54) is 5.56 Å². The van der Waals surface area contributed by atoms with E-state index in [1.807, 2.05) is 18.2 Å². The lowest BCUT2D eigenvalue weighted by Gasteiger charge is -2.33. The topological polar surface area (TPSA) is 46.6 Å². The molecule has 1 aliphatic heterocycles. The van der Waals surface area contributed by atoms with Gasteiger partial charge in [-0.05, 0) is 32.3 Å². The summed E-state index contributed by atoms with van der Waals surface area (Å²) < 4.78 is 31.6. The second kappa shape index (κ2) is 6.70. The third-order valence-electron chi connectivity index (χ3n) is 3.65. The van der Waals surface area contributed by atoms with Gasteiger partial charge < -0.3 is 4.74 Å². The van der Waals surface area contributed by atoms with E-state index in [9.17, 15) is 8.42 Å². The summed E-state index contributed by atoms with van der Waals surface area (Å²) in [5.74, 6) is 0. The zero-order valence-corrected chi connectivity index (χ0v) is 13.0. The maximum Gasteiger partial charge on any atom is 0.216 e. The quantitative estimate of drug-likeness (QED) is 0.836. The number of hydrogen-bond acceptors (Lipinski definition) is 3. The zero-order chi connectivity index (χ0) is 14.6. The smallest absolute Gasteiger partial charge is 0.216 e. The molecule has 0 radical (unpaired) electrons. The Balaban J connectivity index is 1.91. The summed E-state index contributed by atoms with van der Waals surface area (Å²) in [6.45, 7) is 4.90. The maximum absolute atomic E-state index is 12.2. The Kier molecular flexibility index (Phi) is 5.18. The van der Waals surface area contributed by atoms with Crippen molar-refractivity contribution in [2.24, 2.45) is 0 Å². The van der Waals surface area contributed by atoms with Crippen LogP contribution in [0.4, 0.5) is 0 Å². The first kappa shape index (κ1) is 15.5. The van der Waals surface area contributed by atoms with Crippen LogP contribution in [0.5, 0.6) is 0 Å². The van der Waals surface area contributed by atoms with E-state index in [4.69, 9.17) is 4.74 Å². The molecular formula is C15H23NO3S. The maximum atomic E-state index is 12.2. The summed E-state index contributed by atoms with van der Waals surface area (Å²) in [7, 11) is -3.16. The summed E-state index contributed by atoms with van der Waals surface area (Å²) in [5, 5.41) is -0.365. The summed E-state index contributed by atoms with van der Waals surface area (Å²) in [5.41, 5.74) is 1.26. The number of benzene rings is 1. The van der Waals surface area contributed by atoms with E-state index >= 15 is 0 Å². The predicted octanol–water partition coefficient (Wildman–Crippen LogP) is 2.06. The van der Waals surface area contributed by atoms with Crippen LogP contribution < -0.4 is 0 Å². The van der Waals surface area contributed by atoms with Crippen LogP contribution >= 0.6 is 0 Å². The normalized spacial score (nSPS) is 21.2. The molecule has 1 aromatic carbocycles. The largest absolute Gasteiger partial charge is 0.375 e. The second-order valence-electron chi connectivity index (χ2n) is 5.47. The first-order valence-corrected chi connectivity index (χ1v) is 8.65. The molecule has 1 saturated heterocycles. The Morgan fingerprint density at radius 3 is 2.65 bits per heavy atom. The van der Waals surface area contributed by atoms with Gasteiger partial charge in [-0.25, -0.2) is 8.42 Å². The Hall–Kier alpha value is -0.910. The summed E-state index contributed by atoms with van der Waals surface area (Å²) in [6.07, 6.45) is 1.77. The van der Waals surface area contributed by atoms with E-state index in [2.05, 4.69) is 12.1 Å². The average molecular weight is 297 g/mol. The SMILES string of the molecule is CC(C)S(=O)(=O)N1CCO[C@@H](CCc2ccccc2)C1. The van der Waals surface area contributed by atoms with Gasteiger partial charge in [0.15, 0.2) is 0 Å². The fourth-order valence-electron chi connectivity index (χ4n) is 2.37. The molecule has 1 heterocycles.